The molecule has 0 heterocycles. The molecule has 0 saturated carbocycles. The minimum atomic E-state index is -4.01. The highest BCUT2D eigenvalue weighted by atomic mass is 32.2. The Labute approximate surface area is 123 Å². The Bertz CT molecular complexity index is 604. The molecular weight excluding hydrogens is 299 g/mol. The van der Waals surface area contributed by atoms with Crippen LogP contribution in [0, 0.1) is 5.82 Å². The lowest BCUT2D eigenvalue weighted by Crippen LogP contribution is -2.39. The first-order valence-corrected chi connectivity index (χ1v) is 7.91. The van der Waals surface area contributed by atoms with Gasteiger partial charge in [0, 0.05) is 12.6 Å². The van der Waals surface area contributed by atoms with Crippen LogP contribution in [0.3, 0.4) is 0 Å². The number of benzene rings is 1. The van der Waals surface area contributed by atoms with Crippen molar-refractivity contribution in [3.8, 4) is 0 Å². The minimum absolute atomic E-state index is 0.0973. The van der Waals surface area contributed by atoms with Gasteiger partial charge in [0.1, 0.15) is 5.82 Å². The summed E-state index contributed by atoms with van der Waals surface area (Å²) in [5.41, 5.74) is -0.206. The molecule has 0 aromatic heterocycles. The van der Waals surface area contributed by atoms with Gasteiger partial charge in [-0.15, -0.1) is 0 Å². The summed E-state index contributed by atoms with van der Waals surface area (Å²) in [4.78, 5) is 11.2. The Morgan fingerprint density at radius 1 is 1.43 bits per heavy atom. The molecular formula is C13H19FN2O4S. The molecule has 0 unspecified atom stereocenters. The third-order valence-corrected chi connectivity index (χ3v) is 4.23. The standard InChI is InChI=1S/C13H19FN2O4S/c1-4-15-9(2)8-16-21(18,19)12-7-10(14)5-6-11(12)13(17)20-3/h5-7,9,15-16H,4,8H2,1-3H3/t9-/m1/s1. The highest BCUT2D eigenvalue weighted by molar-refractivity contribution is 7.89. The summed E-state index contributed by atoms with van der Waals surface area (Å²) in [6.45, 7) is 4.51. The average Bonchev–Trinajstić information content (AvgIpc) is 2.44. The number of carbonyl (C=O) groups is 1. The second-order valence-electron chi connectivity index (χ2n) is 4.44. The van der Waals surface area contributed by atoms with Gasteiger partial charge in [-0.05, 0) is 31.7 Å². The van der Waals surface area contributed by atoms with E-state index in [0.29, 0.717) is 6.54 Å². The number of ether oxygens (including phenoxy) is 1. The third kappa shape index (κ3) is 4.76. The van der Waals surface area contributed by atoms with E-state index in [0.717, 1.165) is 25.3 Å². The van der Waals surface area contributed by atoms with Crippen molar-refractivity contribution in [2.24, 2.45) is 0 Å². The minimum Gasteiger partial charge on any atom is -0.465 e. The molecule has 21 heavy (non-hydrogen) atoms. The number of likely N-dealkylation sites (N-methyl/N-ethyl adjacent to an activating group) is 1. The van der Waals surface area contributed by atoms with Gasteiger partial charge in [0.15, 0.2) is 0 Å². The first-order chi connectivity index (χ1) is 9.81. The molecule has 0 radical (unpaired) electrons. The number of esters is 1. The fourth-order valence-electron chi connectivity index (χ4n) is 1.73. The van der Waals surface area contributed by atoms with E-state index in [1.54, 1.807) is 6.92 Å². The lowest BCUT2D eigenvalue weighted by Gasteiger charge is -2.15. The predicted octanol–water partition coefficient (Wildman–Crippen LogP) is 0.889. The van der Waals surface area contributed by atoms with E-state index >= 15 is 0 Å². The van der Waals surface area contributed by atoms with E-state index in [1.165, 1.54) is 0 Å². The number of halogens is 1. The van der Waals surface area contributed by atoms with Crippen LogP contribution < -0.4 is 10.0 Å². The molecule has 0 bridgehead atoms. The Morgan fingerprint density at radius 2 is 2.10 bits per heavy atom. The molecule has 1 atom stereocenters. The van der Waals surface area contributed by atoms with E-state index in [4.69, 9.17) is 0 Å². The molecule has 2 N–H and O–H groups in total. The molecule has 118 valence electrons. The SMILES string of the molecule is CCN[C@H](C)CNS(=O)(=O)c1cc(F)ccc1C(=O)OC. The zero-order valence-electron chi connectivity index (χ0n) is 12.1. The smallest absolute Gasteiger partial charge is 0.339 e. The summed E-state index contributed by atoms with van der Waals surface area (Å²) >= 11 is 0. The summed E-state index contributed by atoms with van der Waals surface area (Å²) in [6.07, 6.45) is 0. The number of carbonyl (C=O) groups excluding carboxylic acids is 1. The average molecular weight is 318 g/mol. The van der Waals surface area contributed by atoms with Gasteiger partial charge in [-0.25, -0.2) is 22.3 Å². The van der Waals surface area contributed by atoms with E-state index in [-0.39, 0.29) is 18.2 Å². The van der Waals surface area contributed by atoms with Crippen molar-refractivity contribution in [1.82, 2.24) is 10.0 Å². The van der Waals surface area contributed by atoms with Crippen LogP contribution in [0.5, 0.6) is 0 Å². The van der Waals surface area contributed by atoms with Crippen LogP contribution in [0.2, 0.25) is 0 Å². The maximum absolute atomic E-state index is 13.3. The maximum Gasteiger partial charge on any atom is 0.339 e. The number of rotatable bonds is 7. The molecule has 0 fully saturated rings. The number of methoxy groups -OCH3 is 1. The Kier molecular flexibility index (Phi) is 6.25. The van der Waals surface area contributed by atoms with Crippen LogP contribution in [0.25, 0.3) is 0 Å². The molecule has 0 saturated heterocycles. The zero-order chi connectivity index (χ0) is 16.0. The Hall–Kier alpha value is -1.51. The van der Waals surface area contributed by atoms with Gasteiger partial charge in [-0.2, -0.15) is 0 Å². The predicted molar refractivity (Wildman–Crippen MR) is 76.1 cm³/mol. The van der Waals surface area contributed by atoms with Gasteiger partial charge >= 0.3 is 5.97 Å². The maximum atomic E-state index is 13.3. The van der Waals surface area contributed by atoms with Crippen LogP contribution in [0.1, 0.15) is 24.2 Å². The second-order valence-corrected chi connectivity index (χ2v) is 6.18. The van der Waals surface area contributed by atoms with E-state index < -0.39 is 26.7 Å². The summed E-state index contributed by atoms with van der Waals surface area (Å²) in [5, 5.41) is 3.04. The number of hydrogen-bond acceptors (Lipinski definition) is 5. The molecule has 0 spiro atoms. The molecule has 8 heteroatoms. The van der Waals surface area contributed by atoms with Gasteiger partial charge in [0.2, 0.25) is 10.0 Å². The zero-order valence-corrected chi connectivity index (χ0v) is 13.0. The molecule has 1 aromatic rings. The molecule has 0 aliphatic heterocycles. The monoisotopic (exact) mass is 318 g/mol. The highest BCUT2D eigenvalue weighted by Crippen LogP contribution is 2.18. The molecule has 0 aliphatic carbocycles. The van der Waals surface area contributed by atoms with Gasteiger partial charge in [0.25, 0.3) is 0 Å². The third-order valence-electron chi connectivity index (χ3n) is 2.77. The largest absolute Gasteiger partial charge is 0.465 e. The molecule has 0 aliphatic rings. The number of hydrogen-bond donors (Lipinski definition) is 2. The first-order valence-electron chi connectivity index (χ1n) is 6.42. The molecule has 1 aromatic carbocycles. The lowest BCUT2D eigenvalue weighted by atomic mass is 10.2. The molecule has 0 amide bonds. The highest BCUT2D eigenvalue weighted by Gasteiger charge is 2.24. The fourth-order valence-corrected chi connectivity index (χ4v) is 3.06. The van der Waals surface area contributed by atoms with Crippen LogP contribution >= 0.6 is 0 Å². The van der Waals surface area contributed by atoms with Crippen molar-refractivity contribution >= 4 is 16.0 Å². The van der Waals surface area contributed by atoms with Crippen molar-refractivity contribution in [2.75, 3.05) is 20.2 Å². The summed E-state index contributed by atoms with van der Waals surface area (Å²) < 4.78 is 44.6. The Balaban J connectivity index is 3.07. The van der Waals surface area contributed by atoms with Crippen molar-refractivity contribution in [1.29, 1.82) is 0 Å². The van der Waals surface area contributed by atoms with Crippen molar-refractivity contribution in [3.05, 3.63) is 29.6 Å². The van der Waals surface area contributed by atoms with Crippen LogP contribution in [-0.4, -0.2) is 40.6 Å². The summed E-state index contributed by atoms with van der Waals surface area (Å²) in [7, 11) is -2.89. The summed E-state index contributed by atoms with van der Waals surface area (Å²) in [6, 6.07) is 2.79. The van der Waals surface area contributed by atoms with Gasteiger partial charge < -0.3 is 10.1 Å². The second kappa shape index (κ2) is 7.48. The normalized spacial score (nSPS) is 13.0. The van der Waals surface area contributed by atoms with Crippen molar-refractivity contribution in [2.45, 2.75) is 24.8 Å². The van der Waals surface area contributed by atoms with Crippen molar-refractivity contribution < 1.29 is 22.3 Å². The van der Waals surface area contributed by atoms with Gasteiger partial charge in [-0.1, -0.05) is 6.92 Å². The van der Waals surface area contributed by atoms with Gasteiger partial charge in [0.05, 0.1) is 17.6 Å². The van der Waals surface area contributed by atoms with E-state index in [2.05, 4.69) is 14.8 Å². The van der Waals surface area contributed by atoms with E-state index in [1.807, 2.05) is 6.92 Å². The van der Waals surface area contributed by atoms with Gasteiger partial charge in [-0.3, -0.25) is 0 Å². The topological polar surface area (TPSA) is 84.5 Å². The first kappa shape index (κ1) is 17.5. The molecule has 6 nitrogen and oxygen atoms in total. The number of nitrogens with one attached hydrogen (secondary N) is 2. The lowest BCUT2D eigenvalue weighted by molar-refractivity contribution is 0.0596. The Morgan fingerprint density at radius 3 is 2.67 bits per heavy atom. The van der Waals surface area contributed by atoms with E-state index in [9.17, 15) is 17.6 Å². The van der Waals surface area contributed by atoms with Crippen molar-refractivity contribution in [3.63, 3.8) is 0 Å². The fraction of sp³-hybridized carbons (Fsp3) is 0.462. The summed E-state index contributed by atoms with van der Waals surface area (Å²) in [5.74, 6) is -1.59. The molecule has 1 rings (SSSR count). The van der Waals surface area contributed by atoms with Crippen LogP contribution in [0.15, 0.2) is 23.1 Å². The van der Waals surface area contributed by atoms with Crippen LogP contribution in [0.4, 0.5) is 4.39 Å². The van der Waals surface area contributed by atoms with Crippen LogP contribution in [-0.2, 0) is 14.8 Å². The number of sulfonamides is 1. The quantitative estimate of drug-likeness (QED) is 0.729.